The predicted octanol–water partition coefficient (Wildman–Crippen LogP) is 5.71. The van der Waals surface area contributed by atoms with Crippen LogP contribution in [0, 0.1) is 5.92 Å². The SMILES string of the molecule is COc1ccc(-n2nc(C(C)(C)C)cc2NC(=O)CN(CCC(C)C)C(=O)Nc2ccc(OC)cc2OC)cc1. The van der Waals surface area contributed by atoms with Gasteiger partial charge in [0.25, 0.3) is 0 Å². The number of aromatic nitrogens is 2. The molecule has 0 atom stereocenters. The summed E-state index contributed by atoms with van der Waals surface area (Å²) in [5.41, 5.74) is 1.83. The van der Waals surface area contributed by atoms with E-state index in [2.05, 4.69) is 45.3 Å². The summed E-state index contributed by atoms with van der Waals surface area (Å²) in [5.74, 6) is 2.31. The molecule has 216 valence electrons. The molecule has 0 bridgehead atoms. The van der Waals surface area contributed by atoms with E-state index >= 15 is 0 Å². The number of hydrogen-bond donors (Lipinski definition) is 2. The molecule has 0 saturated heterocycles. The highest BCUT2D eigenvalue weighted by Crippen LogP contribution is 2.30. The Hall–Kier alpha value is -4.21. The minimum Gasteiger partial charge on any atom is -0.497 e. The summed E-state index contributed by atoms with van der Waals surface area (Å²) in [6, 6.07) is 14.0. The number of methoxy groups -OCH3 is 3. The number of amides is 3. The van der Waals surface area contributed by atoms with E-state index in [1.54, 1.807) is 37.1 Å². The van der Waals surface area contributed by atoms with Crippen molar-refractivity contribution in [3.63, 3.8) is 0 Å². The maximum atomic E-state index is 13.3. The largest absolute Gasteiger partial charge is 0.497 e. The number of anilines is 2. The fraction of sp³-hybridized carbons (Fsp3) is 0.433. The number of hydrogen-bond acceptors (Lipinski definition) is 6. The van der Waals surface area contributed by atoms with Crippen LogP contribution in [0.4, 0.5) is 16.3 Å². The summed E-state index contributed by atoms with van der Waals surface area (Å²) in [6.07, 6.45) is 0.735. The van der Waals surface area contributed by atoms with Gasteiger partial charge in [0.1, 0.15) is 29.6 Å². The Morgan fingerprint density at radius 3 is 2.15 bits per heavy atom. The number of nitrogens with one attached hydrogen (secondary N) is 2. The van der Waals surface area contributed by atoms with Gasteiger partial charge in [-0.25, -0.2) is 9.48 Å². The third-order valence-corrected chi connectivity index (χ3v) is 6.31. The summed E-state index contributed by atoms with van der Waals surface area (Å²) in [7, 11) is 4.69. The smallest absolute Gasteiger partial charge is 0.322 e. The highest BCUT2D eigenvalue weighted by Gasteiger charge is 2.24. The van der Waals surface area contributed by atoms with Crippen LogP contribution >= 0.6 is 0 Å². The van der Waals surface area contributed by atoms with Gasteiger partial charge in [0.15, 0.2) is 0 Å². The maximum absolute atomic E-state index is 13.3. The van der Waals surface area contributed by atoms with Gasteiger partial charge in [-0.2, -0.15) is 5.10 Å². The van der Waals surface area contributed by atoms with Crippen LogP contribution in [-0.2, 0) is 10.2 Å². The average molecular weight is 552 g/mol. The third kappa shape index (κ3) is 7.91. The number of carbonyl (C=O) groups excluding carboxylic acids is 2. The molecule has 10 nitrogen and oxygen atoms in total. The molecule has 0 radical (unpaired) electrons. The van der Waals surface area contributed by atoms with E-state index in [1.807, 2.05) is 30.3 Å². The van der Waals surface area contributed by atoms with Crippen molar-refractivity contribution < 1.29 is 23.8 Å². The van der Waals surface area contributed by atoms with E-state index in [1.165, 1.54) is 12.0 Å². The summed E-state index contributed by atoms with van der Waals surface area (Å²) in [4.78, 5) is 28.2. The molecule has 0 saturated carbocycles. The van der Waals surface area contributed by atoms with E-state index in [9.17, 15) is 9.59 Å². The summed E-state index contributed by atoms with van der Waals surface area (Å²) >= 11 is 0. The van der Waals surface area contributed by atoms with Crippen LogP contribution in [0.3, 0.4) is 0 Å². The number of benzene rings is 2. The first kappa shape index (κ1) is 30.3. The van der Waals surface area contributed by atoms with Gasteiger partial charge in [-0.05, 0) is 48.7 Å². The quantitative estimate of drug-likeness (QED) is 0.316. The van der Waals surface area contributed by atoms with Gasteiger partial charge in [0.2, 0.25) is 5.91 Å². The van der Waals surface area contributed by atoms with Crippen molar-refractivity contribution in [1.29, 1.82) is 0 Å². The second kappa shape index (κ2) is 13.2. The topological polar surface area (TPSA) is 107 Å². The lowest BCUT2D eigenvalue weighted by atomic mass is 9.92. The first-order valence-corrected chi connectivity index (χ1v) is 13.3. The highest BCUT2D eigenvalue weighted by atomic mass is 16.5. The first-order chi connectivity index (χ1) is 18.9. The highest BCUT2D eigenvalue weighted by molar-refractivity contribution is 5.97. The van der Waals surface area contributed by atoms with Gasteiger partial charge in [0, 0.05) is 24.1 Å². The summed E-state index contributed by atoms with van der Waals surface area (Å²) < 4.78 is 17.6. The molecule has 3 rings (SSSR count). The van der Waals surface area contributed by atoms with Crippen molar-refractivity contribution >= 4 is 23.4 Å². The van der Waals surface area contributed by atoms with Crippen LogP contribution < -0.4 is 24.8 Å². The minimum absolute atomic E-state index is 0.143. The number of nitrogens with zero attached hydrogens (tertiary/aromatic N) is 3. The molecule has 3 amide bonds. The normalized spacial score (nSPS) is 11.2. The molecule has 1 aromatic heterocycles. The zero-order valence-corrected chi connectivity index (χ0v) is 24.7. The lowest BCUT2D eigenvalue weighted by Crippen LogP contribution is -2.41. The molecule has 1 heterocycles. The molecule has 0 fully saturated rings. The molecule has 40 heavy (non-hydrogen) atoms. The van der Waals surface area contributed by atoms with Crippen molar-refractivity contribution in [2.45, 2.75) is 46.5 Å². The molecule has 2 aromatic carbocycles. The number of carbonyl (C=O) groups is 2. The van der Waals surface area contributed by atoms with Crippen LogP contribution in [0.5, 0.6) is 17.2 Å². The van der Waals surface area contributed by atoms with Crippen molar-refractivity contribution in [1.82, 2.24) is 14.7 Å². The maximum Gasteiger partial charge on any atom is 0.322 e. The van der Waals surface area contributed by atoms with Crippen molar-refractivity contribution in [3.8, 4) is 22.9 Å². The lowest BCUT2D eigenvalue weighted by Gasteiger charge is -2.24. The van der Waals surface area contributed by atoms with Gasteiger partial charge in [-0.3, -0.25) is 4.79 Å². The Balaban J connectivity index is 1.84. The van der Waals surface area contributed by atoms with Crippen LogP contribution in [-0.4, -0.2) is 61.0 Å². The molecule has 0 unspecified atom stereocenters. The Labute approximate surface area is 236 Å². The molecule has 0 aliphatic heterocycles. The molecule has 0 aliphatic rings. The molecular weight excluding hydrogens is 510 g/mol. The van der Waals surface area contributed by atoms with Gasteiger partial charge >= 0.3 is 6.03 Å². The third-order valence-electron chi connectivity index (χ3n) is 6.31. The van der Waals surface area contributed by atoms with Crippen molar-refractivity contribution in [3.05, 3.63) is 54.2 Å². The van der Waals surface area contributed by atoms with Gasteiger partial charge in [-0.1, -0.05) is 34.6 Å². The lowest BCUT2D eigenvalue weighted by molar-refractivity contribution is -0.116. The number of rotatable bonds is 11. The van der Waals surface area contributed by atoms with Crippen LogP contribution in [0.1, 0.15) is 46.7 Å². The molecule has 2 N–H and O–H groups in total. The van der Waals surface area contributed by atoms with Gasteiger partial charge in [0.05, 0.1) is 38.4 Å². The fourth-order valence-corrected chi connectivity index (χ4v) is 3.88. The first-order valence-electron chi connectivity index (χ1n) is 13.3. The van der Waals surface area contributed by atoms with E-state index < -0.39 is 6.03 Å². The molecule has 3 aromatic rings. The summed E-state index contributed by atoms with van der Waals surface area (Å²) in [5, 5.41) is 10.6. The molecular formula is C30H41N5O5. The second-order valence-corrected chi connectivity index (χ2v) is 10.9. The van der Waals surface area contributed by atoms with Crippen LogP contribution in [0.2, 0.25) is 0 Å². The predicted molar refractivity (Wildman–Crippen MR) is 157 cm³/mol. The van der Waals surface area contributed by atoms with E-state index in [-0.39, 0.29) is 17.9 Å². The standard InChI is InChI=1S/C30H41N5O5/c1-20(2)15-16-34(29(37)31-24-14-13-23(39-7)17-25(24)40-8)19-28(36)32-27-18-26(30(3,4)5)33-35(27)21-9-11-22(38-6)12-10-21/h9-14,17-18,20H,15-16,19H2,1-8H3,(H,31,37)(H,32,36). The van der Waals surface area contributed by atoms with E-state index in [0.717, 1.165) is 23.6 Å². The van der Waals surface area contributed by atoms with Gasteiger partial charge in [-0.15, -0.1) is 0 Å². The average Bonchev–Trinajstić information content (AvgIpc) is 3.35. The zero-order valence-electron chi connectivity index (χ0n) is 24.7. The molecule has 0 spiro atoms. The van der Waals surface area contributed by atoms with Crippen molar-refractivity contribution in [2.24, 2.45) is 5.92 Å². The van der Waals surface area contributed by atoms with Crippen LogP contribution in [0.15, 0.2) is 48.5 Å². The number of urea groups is 1. The van der Waals surface area contributed by atoms with Gasteiger partial charge < -0.3 is 29.7 Å². The van der Waals surface area contributed by atoms with E-state index in [4.69, 9.17) is 19.3 Å². The number of ether oxygens (including phenoxy) is 3. The zero-order chi connectivity index (χ0) is 29.4. The Kier molecular flexibility index (Phi) is 10.0. The fourth-order valence-electron chi connectivity index (χ4n) is 3.88. The Morgan fingerprint density at radius 1 is 0.925 bits per heavy atom. The van der Waals surface area contributed by atoms with E-state index in [0.29, 0.717) is 35.5 Å². The summed E-state index contributed by atoms with van der Waals surface area (Å²) in [6.45, 7) is 10.6. The Bertz CT molecular complexity index is 1290. The minimum atomic E-state index is -0.404. The Morgan fingerprint density at radius 2 is 1.57 bits per heavy atom. The monoisotopic (exact) mass is 551 g/mol. The van der Waals surface area contributed by atoms with Crippen molar-refractivity contribution in [2.75, 3.05) is 45.1 Å². The molecule has 10 heteroatoms. The second-order valence-electron chi connectivity index (χ2n) is 10.9. The molecule has 0 aliphatic carbocycles. The van der Waals surface area contributed by atoms with Crippen LogP contribution in [0.25, 0.3) is 5.69 Å².